The molecule has 0 bridgehead atoms. The molecule has 2 atom stereocenters. The van der Waals surface area contributed by atoms with Gasteiger partial charge >= 0.3 is 0 Å². The molecule has 0 aliphatic rings. The number of benzene rings is 1. The van der Waals surface area contributed by atoms with Gasteiger partial charge in [-0.25, -0.2) is 0 Å². The summed E-state index contributed by atoms with van der Waals surface area (Å²) < 4.78 is 0. The van der Waals surface area contributed by atoms with Gasteiger partial charge < -0.3 is 11.1 Å². The zero-order valence-electron chi connectivity index (χ0n) is 15.4. The van der Waals surface area contributed by atoms with Gasteiger partial charge in [-0.05, 0) is 29.9 Å². The van der Waals surface area contributed by atoms with Crippen molar-refractivity contribution in [1.29, 1.82) is 0 Å². The molecule has 1 rings (SSSR count). The lowest BCUT2D eigenvalue weighted by molar-refractivity contribution is -0.126. The first-order valence-corrected chi connectivity index (χ1v) is 9.51. The molecule has 0 aliphatic carbocycles. The van der Waals surface area contributed by atoms with Crippen LogP contribution in [0.5, 0.6) is 0 Å². The van der Waals surface area contributed by atoms with Gasteiger partial charge in [-0.2, -0.15) is 0 Å². The van der Waals surface area contributed by atoms with E-state index in [0.717, 1.165) is 12.0 Å². The molecule has 0 aromatic heterocycles. The number of carbonyl (C=O) groups excluding carboxylic acids is 3. The third kappa shape index (κ3) is 7.73. The van der Waals surface area contributed by atoms with Crippen LogP contribution in [0, 0.1) is 5.92 Å². The number of hydrogen-bond acceptors (Lipinski definition) is 4. The summed E-state index contributed by atoms with van der Waals surface area (Å²) in [7, 11) is 0. The Balaban J connectivity index is 2.53. The summed E-state index contributed by atoms with van der Waals surface area (Å²) in [5, 5.41) is 2.54. The van der Waals surface area contributed by atoms with Gasteiger partial charge in [-0.1, -0.05) is 56.8 Å². The maximum Gasteiger partial charge on any atom is 0.240 e. The topological polar surface area (TPSA) is 89.3 Å². The number of rotatable bonds is 9. The van der Waals surface area contributed by atoms with Crippen LogP contribution in [0.1, 0.15) is 51.2 Å². The third-order valence-electron chi connectivity index (χ3n) is 3.85. The number of amides is 2. The minimum atomic E-state index is -0.733. The fraction of sp³-hybridized carbons (Fsp3) is 0.526. The van der Waals surface area contributed by atoms with E-state index < -0.39 is 11.9 Å². The molecular formula is C19H28N2O3S. The van der Waals surface area contributed by atoms with E-state index >= 15 is 0 Å². The lowest BCUT2D eigenvalue weighted by Crippen LogP contribution is -2.43. The van der Waals surface area contributed by atoms with Crippen molar-refractivity contribution in [3.63, 3.8) is 0 Å². The van der Waals surface area contributed by atoms with Crippen LogP contribution in [-0.2, 0) is 20.8 Å². The van der Waals surface area contributed by atoms with E-state index in [-0.39, 0.29) is 16.9 Å². The van der Waals surface area contributed by atoms with E-state index in [2.05, 4.69) is 31.3 Å². The summed E-state index contributed by atoms with van der Waals surface area (Å²) in [4.78, 5) is 34.7. The highest BCUT2D eigenvalue weighted by Crippen LogP contribution is 2.24. The van der Waals surface area contributed by atoms with Crippen molar-refractivity contribution in [2.45, 2.75) is 52.5 Å². The Bertz CT molecular complexity index is 599. The predicted octanol–water partition coefficient (Wildman–Crippen LogP) is 2.63. The van der Waals surface area contributed by atoms with Gasteiger partial charge in [0.05, 0.1) is 5.92 Å². The van der Waals surface area contributed by atoms with Crippen LogP contribution in [0.15, 0.2) is 24.3 Å². The summed E-state index contributed by atoms with van der Waals surface area (Å²) >= 11 is 1.17. The van der Waals surface area contributed by atoms with Crippen molar-refractivity contribution < 1.29 is 14.4 Å². The molecule has 25 heavy (non-hydrogen) atoms. The number of nitrogens with one attached hydrogen (secondary N) is 1. The van der Waals surface area contributed by atoms with Crippen molar-refractivity contribution in [2.24, 2.45) is 11.7 Å². The third-order valence-corrected chi connectivity index (χ3v) is 4.93. The minimum Gasteiger partial charge on any atom is -0.368 e. The zero-order valence-corrected chi connectivity index (χ0v) is 16.2. The molecule has 0 aliphatic heterocycles. The molecule has 5 nitrogen and oxygen atoms in total. The van der Waals surface area contributed by atoms with Gasteiger partial charge in [-0.3, -0.25) is 14.4 Å². The Hall–Kier alpha value is -1.82. The second kappa shape index (κ2) is 10.2. The highest BCUT2D eigenvalue weighted by atomic mass is 32.2. The second-order valence-electron chi connectivity index (χ2n) is 6.67. The van der Waals surface area contributed by atoms with Gasteiger partial charge in [0.1, 0.15) is 6.04 Å². The van der Waals surface area contributed by atoms with Crippen LogP contribution in [0.4, 0.5) is 0 Å². The molecule has 138 valence electrons. The van der Waals surface area contributed by atoms with Gasteiger partial charge in [0.2, 0.25) is 11.8 Å². The highest BCUT2D eigenvalue weighted by molar-refractivity contribution is 8.13. The number of thioether (sulfide) groups is 1. The van der Waals surface area contributed by atoms with Crippen LogP contribution in [0.25, 0.3) is 0 Å². The quantitative estimate of drug-likeness (QED) is 0.705. The van der Waals surface area contributed by atoms with Crippen molar-refractivity contribution in [3.8, 4) is 0 Å². The van der Waals surface area contributed by atoms with Crippen LogP contribution in [0.3, 0.4) is 0 Å². The monoisotopic (exact) mass is 364 g/mol. The smallest absolute Gasteiger partial charge is 0.240 e. The van der Waals surface area contributed by atoms with E-state index in [1.165, 1.54) is 24.2 Å². The first-order valence-electron chi connectivity index (χ1n) is 8.52. The number of primary amides is 1. The van der Waals surface area contributed by atoms with E-state index in [1.54, 1.807) is 0 Å². The molecular weight excluding hydrogens is 336 g/mol. The van der Waals surface area contributed by atoms with E-state index in [0.29, 0.717) is 18.1 Å². The molecule has 1 aromatic carbocycles. The maximum absolute atomic E-state index is 12.3. The average molecular weight is 365 g/mol. The van der Waals surface area contributed by atoms with Crippen molar-refractivity contribution in [2.75, 3.05) is 5.75 Å². The average Bonchev–Trinajstić information content (AvgIpc) is 2.52. The number of nitrogens with two attached hydrogens (primary N) is 1. The maximum atomic E-state index is 12.3. The van der Waals surface area contributed by atoms with Crippen LogP contribution in [0.2, 0.25) is 0 Å². The summed E-state index contributed by atoms with van der Waals surface area (Å²) in [5.41, 5.74) is 7.51. The fourth-order valence-corrected chi connectivity index (χ4v) is 3.42. The molecule has 0 heterocycles. The Morgan fingerprint density at radius 1 is 1.12 bits per heavy atom. The Kier molecular flexibility index (Phi) is 8.69. The van der Waals surface area contributed by atoms with Crippen molar-refractivity contribution in [1.82, 2.24) is 5.32 Å². The van der Waals surface area contributed by atoms with Crippen molar-refractivity contribution in [3.05, 3.63) is 35.4 Å². The molecule has 0 radical (unpaired) electrons. The first-order chi connectivity index (χ1) is 11.7. The first kappa shape index (κ1) is 21.2. The molecule has 0 fully saturated rings. The molecule has 6 heteroatoms. The largest absolute Gasteiger partial charge is 0.368 e. The van der Waals surface area contributed by atoms with Gasteiger partial charge in [-0.15, -0.1) is 0 Å². The number of hydrogen-bond donors (Lipinski definition) is 2. The summed E-state index contributed by atoms with van der Waals surface area (Å²) in [6, 6.07) is 7.42. The highest BCUT2D eigenvalue weighted by Gasteiger charge is 2.19. The molecule has 2 amide bonds. The second-order valence-corrected chi connectivity index (χ2v) is 7.77. The lowest BCUT2D eigenvalue weighted by atomic mass is 9.97. The summed E-state index contributed by atoms with van der Waals surface area (Å²) in [5.74, 6) is -0.0807. The Labute approximate surface area is 154 Å². The molecule has 0 saturated carbocycles. The van der Waals surface area contributed by atoms with Crippen molar-refractivity contribution >= 4 is 28.7 Å². The van der Waals surface area contributed by atoms with Gasteiger partial charge in [0.25, 0.3) is 0 Å². The molecule has 0 saturated heterocycles. The molecule has 3 N–H and O–H groups in total. The number of carbonyl (C=O) groups is 3. The van der Waals surface area contributed by atoms with Crippen LogP contribution < -0.4 is 11.1 Å². The fourth-order valence-electron chi connectivity index (χ4n) is 2.48. The van der Waals surface area contributed by atoms with Gasteiger partial charge in [0, 0.05) is 12.7 Å². The zero-order chi connectivity index (χ0) is 19.0. The Morgan fingerprint density at radius 2 is 1.72 bits per heavy atom. The summed E-state index contributed by atoms with van der Waals surface area (Å²) in [6.07, 6.45) is 1.36. The van der Waals surface area contributed by atoms with E-state index in [1.807, 2.05) is 19.1 Å². The van der Waals surface area contributed by atoms with Gasteiger partial charge in [0.15, 0.2) is 5.12 Å². The lowest BCUT2D eigenvalue weighted by Gasteiger charge is -2.15. The standard InChI is InChI=1S/C19H28N2O3S/c1-12(2)11-15-5-7-16(8-6-15)13(3)19(24)25-10-9-17(18(20)23)21-14(4)22/h5-8,12-13,17H,9-11H2,1-4H3,(H2,20,23)(H,21,22). The van der Waals surface area contributed by atoms with E-state index in [4.69, 9.17) is 5.73 Å². The molecule has 2 unspecified atom stereocenters. The Morgan fingerprint density at radius 3 is 2.20 bits per heavy atom. The van der Waals surface area contributed by atoms with E-state index in [9.17, 15) is 14.4 Å². The summed E-state index contributed by atoms with van der Waals surface area (Å²) in [6.45, 7) is 7.57. The predicted molar refractivity (Wildman–Crippen MR) is 102 cm³/mol. The normalized spacial score (nSPS) is 13.3. The molecule has 0 spiro atoms. The SMILES string of the molecule is CC(=O)NC(CCSC(=O)C(C)c1ccc(CC(C)C)cc1)C(N)=O. The minimum absolute atomic E-state index is 0.0441. The van der Waals surface area contributed by atoms with Crippen LogP contribution in [-0.4, -0.2) is 28.7 Å². The van der Waals surface area contributed by atoms with Crippen LogP contribution >= 0.6 is 11.8 Å². The molecule has 1 aromatic rings.